The van der Waals surface area contributed by atoms with Crippen LogP contribution in [0.25, 0.3) is 0 Å². The minimum Gasteiger partial charge on any atom is -0.299 e. The number of fused-ring (bicyclic) bond motifs is 1. The Bertz CT molecular complexity index is 309. The number of hydrogen-bond acceptors (Lipinski definition) is 1. The van der Waals surface area contributed by atoms with Crippen LogP contribution < -0.4 is 0 Å². The molecule has 1 heteroatoms. The maximum absolute atomic E-state index is 12.6. The highest BCUT2D eigenvalue weighted by Gasteiger charge is 2.57. The quantitative estimate of drug-likeness (QED) is 0.606. The van der Waals surface area contributed by atoms with Crippen LogP contribution in [-0.2, 0) is 4.79 Å². The van der Waals surface area contributed by atoms with E-state index in [-0.39, 0.29) is 10.8 Å². The van der Waals surface area contributed by atoms with E-state index in [4.69, 9.17) is 0 Å². The molecular formula is C15H24O. The summed E-state index contributed by atoms with van der Waals surface area (Å²) >= 11 is 0. The van der Waals surface area contributed by atoms with Gasteiger partial charge in [0.2, 0.25) is 0 Å². The smallest absolute Gasteiger partial charge is 0.139 e. The van der Waals surface area contributed by atoms with E-state index in [1.807, 2.05) is 0 Å². The Hall–Kier alpha value is -0.330. The first-order chi connectivity index (χ1) is 7.41. The molecule has 0 aromatic rings. The second kappa shape index (κ2) is 3.11. The molecule has 4 aliphatic carbocycles. The summed E-state index contributed by atoms with van der Waals surface area (Å²) in [5.41, 5.74) is 0.200. The molecule has 4 saturated carbocycles. The zero-order valence-corrected chi connectivity index (χ0v) is 10.9. The van der Waals surface area contributed by atoms with Crippen LogP contribution in [0.5, 0.6) is 0 Å². The molecule has 4 bridgehead atoms. The average molecular weight is 220 g/mol. The molecule has 1 nitrogen and oxygen atoms in total. The highest BCUT2D eigenvalue weighted by molar-refractivity contribution is 5.86. The molecule has 0 aromatic carbocycles. The summed E-state index contributed by atoms with van der Waals surface area (Å²) in [6, 6.07) is 0. The predicted octanol–water partition coefficient (Wildman–Crippen LogP) is 3.82. The van der Waals surface area contributed by atoms with Crippen molar-refractivity contribution >= 4 is 5.78 Å². The molecule has 0 N–H and O–H groups in total. The Kier molecular flexibility index (Phi) is 2.10. The van der Waals surface area contributed by atoms with E-state index in [2.05, 4.69) is 20.8 Å². The van der Waals surface area contributed by atoms with Crippen molar-refractivity contribution in [2.24, 2.45) is 28.6 Å². The average Bonchev–Trinajstić information content (AvgIpc) is 2.27. The highest BCUT2D eigenvalue weighted by Crippen LogP contribution is 2.61. The molecule has 0 spiro atoms. The third kappa shape index (κ3) is 1.33. The maximum atomic E-state index is 12.6. The summed E-state index contributed by atoms with van der Waals surface area (Å²) in [5, 5.41) is 0. The lowest BCUT2D eigenvalue weighted by Crippen LogP contribution is -2.47. The third-order valence-electron chi connectivity index (χ3n) is 5.72. The number of carbonyl (C=O) groups excluding carboxylic acids is 1. The fraction of sp³-hybridized carbons (Fsp3) is 0.933. The van der Waals surface area contributed by atoms with Gasteiger partial charge in [-0.3, -0.25) is 4.79 Å². The van der Waals surface area contributed by atoms with E-state index >= 15 is 0 Å². The molecule has 0 aromatic heterocycles. The van der Waals surface area contributed by atoms with Gasteiger partial charge in [-0.15, -0.1) is 0 Å². The Labute approximate surface area is 99.0 Å². The van der Waals surface area contributed by atoms with Gasteiger partial charge >= 0.3 is 0 Å². The second-order valence-electron chi connectivity index (χ2n) is 7.67. The summed E-state index contributed by atoms with van der Waals surface area (Å²) in [5.74, 6) is 3.07. The second-order valence-corrected chi connectivity index (χ2v) is 7.67. The van der Waals surface area contributed by atoms with Gasteiger partial charge in [-0.25, -0.2) is 0 Å². The van der Waals surface area contributed by atoms with E-state index in [1.165, 1.54) is 32.1 Å². The van der Waals surface area contributed by atoms with E-state index < -0.39 is 0 Å². The zero-order chi connectivity index (χ0) is 11.6. The van der Waals surface area contributed by atoms with Gasteiger partial charge in [0.25, 0.3) is 0 Å². The van der Waals surface area contributed by atoms with Gasteiger partial charge in [0.15, 0.2) is 0 Å². The summed E-state index contributed by atoms with van der Waals surface area (Å²) in [6.07, 6.45) is 7.40. The van der Waals surface area contributed by atoms with Crippen LogP contribution in [0.3, 0.4) is 0 Å². The molecule has 0 radical (unpaired) electrons. The number of ketones is 1. The standard InChI is InChI=1S/C15H24O/c1-14(2,3)15-8-11-4-10(7-13(15)16)5-12(6-11)9-15/h10-12H,4-9H2,1-3H3/t10?,11-,12+,15?. The van der Waals surface area contributed by atoms with Crippen LogP contribution in [0.4, 0.5) is 0 Å². The van der Waals surface area contributed by atoms with Gasteiger partial charge in [0.05, 0.1) is 0 Å². The van der Waals surface area contributed by atoms with E-state index in [9.17, 15) is 4.79 Å². The minimum absolute atomic E-state index is 0.0336. The summed E-state index contributed by atoms with van der Waals surface area (Å²) in [4.78, 5) is 12.6. The first kappa shape index (κ1) is 10.8. The van der Waals surface area contributed by atoms with Gasteiger partial charge in [-0.05, 0) is 55.3 Å². The van der Waals surface area contributed by atoms with Crippen molar-refractivity contribution in [3.63, 3.8) is 0 Å². The van der Waals surface area contributed by atoms with Crippen LogP contribution in [0.1, 0.15) is 59.3 Å². The maximum Gasteiger partial charge on any atom is 0.139 e. The van der Waals surface area contributed by atoms with Crippen molar-refractivity contribution in [3.8, 4) is 0 Å². The van der Waals surface area contributed by atoms with Crippen LogP contribution in [-0.4, -0.2) is 5.78 Å². The first-order valence-electron chi connectivity index (χ1n) is 6.94. The third-order valence-corrected chi connectivity index (χ3v) is 5.72. The fourth-order valence-corrected chi connectivity index (χ4v) is 4.99. The molecule has 0 amide bonds. The van der Waals surface area contributed by atoms with Crippen LogP contribution >= 0.6 is 0 Å². The molecular weight excluding hydrogens is 196 g/mol. The van der Waals surface area contributed by atoms with Crippen molar-refractivity contribution in [1.82, 2.24) is 0 Å². The highest BCUT2D eigenvalue weighted by atomic mass is 16.1. The monoisotopic (exact) mass is 220 g/mol. The van der Waals surface area contributed by atoms with E-state index in [1.54, 1.807) is 0 Å². The lowest BCUT2D eigenvalue weighted by atomic mass is 9.53. The lowest BCUT2D eigenvalue weighted by Gasteiger charge is -2.50. The Morgan fingerprint density at radius 3 is 2.00 bits per heavy atom. The van der Waals surface area contributed by atoms with Gasteiger partial charge in [0.1, 0.15) is 5.78 Å². The van der Waals surface area contributed by atoms with Crippen LogP contribution in [0, 0.1) is 28.6 Å². The number of rotatable bonds is 0. The van der Waals surface area contributed by atoms with Crippen molar-refractivity contribution < 1.29 is 4.79 Å². The largest absolute Gasteiger partial charge is 0.299 e. The van der Waals surface area contributed by atoms with Gasteiger partial charge in [-0.1, -0.05) is 20.8 Å². The molecule has 16 heavy (non-hydrogen) atoms. The molecule has 4 atom stereocenters. The molecule has 0 aliphatic heterocycles. The molecule has 4 rings (SSSR count). The van der Waals surface area contributed by atoms with Crippen LogP contribution in [0.2, 0.25) is 0 Å². The SMILES string of the molecule is CC(C)(C)C12C[C@@H]3CC(CC1=O)C[C@@H](C3)C2. The topological polar surface area (TPSA) is 17.1 Å². The fourth-order valence-electron chi connectivity index (χ4n) is 4.99. The number of Topliss-reactive ketones (excluding diaryl/α,β-unsaturated/α-hetero) is 1. The molecule has 90 valence electrons. The minimum atomic E-state index is 0.0336. The Balaban J connectivity index is 2.06. The van der Waals surface area contributed by atoms with Gasteiger partial charge < -0.3 is 0 Å². The summed E-state index contributed by atoms with van der Waals surface area (Å²) < 4.78 is 0. The number of carbonyl (C=O) groups is 1. The first-order valence-corrected chi connectivity index (χ1v) is 6.94. The molecule has 2 unspecified atom stereocenters. The van der Waals surface area contributed by atoms with E-state index in [0.717, 1.165) is 24.2 Å². The van der Waals surface area contributed by atoms with Crippen molar-refractivity contribution in [2.45, 2.75) is 59.3 Å². The zero-order valence-electron chi connectivity index (χ0n) is 10.9. The Morgan fingerprint density at radius 2 is 1.50 bits per heavy atom. The summed E-state index contributed by atoms with van der Waals surface area (Å²) in [7, 11) is 0. The lowest BCUT2D eigenvalue weighted by molar-refractivity contribution is -0.139. The van der Waals surface area contributed by atoms with Crippen molar-refractivity contribution in [1.29, 1.82) is 0 Å². The van der Waals surface area contributed by atoms with Gasteiger partial charge in [0, 0.05) is 11.8 Å². The van der Waals surface area contributed by atoms with Gasteiger partial charge in [-0.2, -0.15) is 0 Å². The number of hydrogen-bond donors (Lipinski definition) is 0. The normalized spacial score (nSPS) is 47.2. The molecule has 0 heterocycles. The molecule has 4 aliphatic rings. The Morgan fingerprint density at radius 1 is 1.00 bits per heavy atom. The van der Waals surface area contributed by atoms with E-state index in [0.29, 0.717) is 5.78 Å². The summed E-state index contributed by atoms with van der Waals surface area (Å²) in [6.45, 7) is 6.86. The predicted molar refractivity (Wildman–Crippen MR) is 65.1 cm³/mol. The van der Waals surface area contributed by atoms with Crippen molar-refractivity contribution in [3.05, 3.63) is 0 Å². The van der Waals surface area contributed by atoms with Crippen molar-refractivity contribution in [2.75, 3.05) is 0 Å². The molecule has 0 saturated heterocycles. The van der Waals surface area contributed by atoms with Crippen LogP contribution in [0.15, 0.2) is 0 Å². The molecule has 4 fully saturated rings.